The first-order chi connectivity index (χ1) is 14.4. The van der Waals surface area contributed by atoms with Gasteiger partial charge in [0.15, 0.2) is 5.82 Å². The monoisotopic (exact) mass is 429 g/mol. The lowest BCUT2D eigenvalue weighted by Crippen LogP contribution is -2.40. The number of aromatic nitrogens is 2. The maximum atomic E-state index is 12.7. The van der Waals surface area contributed by atoms with Crippen molar-refractivity contribution in [1.82, 2.24) is 14.1 Å². The summed E-state index contributed by atoms with van der Waals surface area (Å²) < 4.78 is 33.8. The van der Waals surface area contributed by atoms with Crippen LogP contribution >= 0.6 is 0 Å². The Balaban J connectivity index is 1.54. The van der Waals surface area contributed by atoms with Crippen molar-refractivity contribution in [2.24, 2.45) is 5.73 Å². The summed E-state index contributed by atoms with van der Waals surface area (Å²) >= 11 is 0. The highest BCUT2D eigenvalue weighted by molar-refractivity contribution is 7.89. The van der Waals surface area contributed by atoms with E-state index in [-0.39, 0.29) is 16.5 Å². The van der Waals surface area contributed by atoms with E-state index in [2.05, 4.69) is 10.4 Å². The molecule has 4 rings (SSSR count). The minimum Gasteiger partial charge on any atom is -0.379 e. The van der Waals surface area contributed by atoms with E-state index in [1.54, 1.807) is 23.0 Å². The Morgan fingerprint density at radius 2 is 1.90 bits per heavy atom. The van der Waals surface area contributed by atoms with Gasteiger partial charge in [-0.2, -0.15) is 9.40 Å². The third kappa shape index (κ3) is 4.16. The van der Waals surface area contributed by atoms with E-state index >= 15 is 0 Å². The van der Waals surface area contributed by atoms with Gasteiger partial charge in [-0.15, -0.1) is 0 Å². The van der Waals surface area contributed by atoms with Crippen LogP contribution in [-0.2, 0) is 14.8 Å². The van der Waals surface area contributed by atoms with Crippen molar-refractivity contribution in [2.75, 3.05) is 31.6 Å². The molecule has 30 heavy (non-hydrogen) atoms. The lowest BCUT2D eigenvalue weighted by atomic mass is 10.1. The highest BCUT2D eigenvalue weighted by Gasteiger charge is 2.26. The van der Waals surface area contributed by atoms with Crippen LogP contribution in [0.3, 0.4) is 0 Å². The molecule has 1 amide bonds. The second-order valence-electron chi connectivity index (χ2n) is 7.02. The average Bonchev–Trinajstić information content (AvgIpc) is 3.19. The minimum atomic E-state index is -3.57. The Kier molecular flexibility index (Phi) is 5.71. The van der Waals surface area contributed by atoms with Crippen LogP contribution in [0.25, 0.3) is 0 Å². The van der Waals surface area contributed by atoms with Gasteiger partial charge in [-0.05, 0) is 30.7 Å². The predicted octanol–water partition coefficient (Wildman–Crippen LogP) is 1.80. The molecule has 0 saturated carbocycles. The Morgan fingerprint density at radius 1 is 1.17 bits per heavy atom. The molecule has 1 aliphatic heterocycles. The quantitative estimate of drug-likeness (QED) is 0.723. The van der Waals surface area contributed by atoms with Crippen molar-refractivity contribution in [3.63, 3.8) is 0 Å². The fourth-order valence-corrected chi connectivity index (χ4v) is 4.79. The number of carbonyl (C=O) groups excluding carboxylic acids is 1. The normalized spacial score (nSPS) is 19.7. The van der Waals surface area contributed by atoms with Crippen LogP contribution in [-0.4, -0.2) is 54.7 Å². The van der Waals surface area contributed by atoms with Crippen molar-refractivity contribution >= 4 is 27.4 Å². The molecule has 1 aromatic carbocycles. The standard InChI is InChI=1S/C20H23N5O4S/c21-19(26)18-14-25(16-4-2-1-3-5-16)23-20(18)22-15-6-8-17(9-7-15)30(27,28)24-10-12-29-13-11-24/h1-4,6-9,14,16H,5,10-13H2,(H2,21,26)(H,22,23). The van der Waals surface area contributed by atoms with Crippen molar-refractivity contribution in [1.29, 1.82) is 0 Å². The van der Waals surface area contributed by atoms with E-state index in [4.69, 9.17) is 10.5 Å². The summed E-state index contributed by atoms with van der Waals surface area (Å²) in [6.45, 7) is 1.46. The minimum absolute atomic E-state index is 0.00434. The number of hydrogen-bond donors (Lipinski definition) is 2. The Labute approximate surface area is 174 Å². The second-order valence-corrected chi connectivity index (χ2v) is 8.96. The number of primary amides is 1. The number of ether oxygens (including phenoxy) is 1. The van der Waals surface area contributed by atoms with Crippen LogP contribution in [0.1, 0.15) is 22.8 Å². The molecule has 0 bridgehead atoms. The van der Waals surface area contributed by atoms with Gasteiger partial charge in [-0.1, -0.05) is 24.3 Å². The Morgan fingerprint density at radius 3 is 2.53 bits per heavy atom. The molecule has 1 fully saturated rings. The van der Waals surface area contributed by atoms with E-state index in [0.29, 0.717) is 37.8 Å². The highest BCUT2D eigenvalue weighted by atomic mass is 32.2. The number of nitrogens with zero attached hydrogens (tertiary/aromatic N) is 3. The van der Waals surface area contributed by atoms with E-state index in [0.717, 1.165) is 6.42 Å². The first kappa shape index (κ1) is 20.3. The van der Waals surface area contributed by atoms with Crippen LogP contribution in [0.2, 0.25) is 0 Å². The summed E-state index contributed by atoms with van der Waals surface area (Å²) in [4.78, 5) is 12.1. The first-order valence-corrected chi connectivity index (χ1v) is 11.1. The first-order valence-electron chi connectivity index (χ1n) is 9.62. The van der Waals surface area contributed by atoms with Gasteiger partial charge >= 0.3 is 0 Å². The van der Waals surface area contributed by atoms with Crippen LogP contribution in [0.5, 0.6) is 0 Å². The molecule has 158 valence electrons. The molecule has 0 spiro atoms. The van der Waals surface area contributed by atoms with Crippen molar-refractivity contribution in [2.45, 2.75) is 17.4 Å². The molecule has 3 N–H and O–H groups in total. The van der Waals surface area contributed by atoms with Gasteiger partial charge in [0.05, 0.1) is 24.2 Å². The number of nitrogens with one attached hydrogen (secondary N) is 1. The summed E-state index contributed by atoms with van der Waals surface area (Å²) in [6, 6.07) is 6.34. The predicted molar refractivity (Wildman–Crippen MR) is 112 cm³/mol. The highest BCUT2D eigenvalue weighted by Crippen LogP contribution is 2.25. The number of allylic oxidation sites excluding steroid dienone is 4. The largest absolute Gasteiger partial charge is 0.379 e. The molecule has 1 unspecified atom stereocenters. The maximum absolute atomic E-state index is 12.7. The zero-order valence-corrected chi connectivity index (χ0v) is 17.1. The number of morpholine rings is 1. The third-order valence-corrected chi connectivity index (χ3v) is 6.93. The molecule has 1 aromatic heterocycles. The van der Waals surface area contributed by atoms with Gasteiger partial charge in [0.25, 0.3) is 5.91 Å². The topological polar surface area (TPSA) is 120 Å². The van der Waals surface area contributed by atoms with Crippen molar-refractivity contribution in [3.8, 4) is 0 Å². The summed E-state index contributed by atoms with van der Waals surface area (Å²) in [6.07, 6.45) is 10.3. The second kappa shape index (κ2) is 8.42. The van der Waals surface area contributed by atoms with E-state index in [9.17, 15) is 13.2 Å². The molecule has 2 aliphatic rings. The Hall–Kier alpha value is -2.95. The van der Waals surface area contributed by atoms with Crippen molar-refractivity contribution < 1.29 is 17.9 Å². The number of rotatable bonds is 6. The van der Waals surface area contributed by atoms with Gasteiger partial charge in [-0.3, -0.25) is 9.48 Å². The fourth-order valence-electron chi connectivity index (χ4n) is 3.38. The number of amides is 1. The smallest absolute Gasteiger partial charge is 0.254 e. The van der Waals surface area contributed by atoms with Gasteiger partial charge in [0.1, 0.15) is 5.56 Å². The number of benzene rings is 1. The SMILES string of the molecule is NC(=O)c1cn(C2C=CC=CC2)nc1Nc1ccc(S(=O)(=O)N2CCOCC2)cc1. The third-order valence-electron chi connectivity index (χ3n) is 5.02. The van der Waals surface area contributed by atoms with E-state index < -0.39 is 15.9 Å². The molecule has 0 radical (unpaired) electrons. The molecular weight excluding hydrogens is 406 g/mol. The molecule has 10 heteroatoms. The summed E-state index contributed by atoms with van der Waals surface area (Å²) in [7, 11) is -3.57. The molecule has 1 saturated heterocycles. The molecular formula is C20H23N5O4S. The van der Waals surface area contributed by atoms with Gasteiger partial charge in [0.2, 0.25) is 10.0 Å². The number of nitrogens with two attached hydrogens (primary N) is 1. The Bertz CT molecular complexity index is 1080. The lowest BCUT2D eigenvalue weighted by Gasteiger charge is -2.26. The van der Waals surface area contributed by atoms with E-state index in [1.807, 2.05) is 24.3 Å². The van der Waals surface area contributed by atoms with Crippen molar-refractivity contribution in [3.05, 3.63) is 60.3 Å². The van der Waals surface area contributed by atoms with Crippen LogP contribution in [0.15, 0.2) is 59.7 Å². The van der Waals surface area contributed by atoms with E-state index in [1.165, 1.54) is 16.4 Å². The van der Waals surface area contributed by atoms with Gasteiger partial charge in [-0.25, -0.2) is 8.42 Å². The molecule has 1 aliphatic carbocycles. The molecule has 1 atom stereocenters. The van der Waals surface area contributed by atoms with Crippen LogP contribution in [0.4, 0.5) is 11.5 Å². The van der Waals surface area contributed by atoms with Gasteiger partial charge in [0, 0.05) is 25.0 Å². The molecule has 2 aromatic rings. The zero-order valence-electron chi connectivity index (χ0n) is 16.3. The van der Waals surface area contributed by atoms with Crippen LogP contribution in [0, 0.1) is 0 Å². The number of hydrogen-bond acceptors (Lipinski definition) is 6. The zero-order chi connectivity index (χ0) is 21.1. The summed E-state index contributed by atoms with van der Waals surface area (Å²) in [5, 5.41) is 7.54. The number of sulfonamides is 1. The number of carbonyl (C=O) groups is 1. The average molecular weight is 430 g/mol. The van der Waals surface area contributed by atoms with Crippen LogP contribution < -0.4 is 11.1 Å². The fraction of sp³-hybridized carbons (Fsp3) is 0.300. The molecule has 9 nitrogen and oxygen atoms in total. The number of anilines is 2. The summed E-state index contributed by atoms with van der Waals surface area (Å²) in [5.41, 5.74) is 6.38. The van der Waals surface area contributed by atoms with Gasteiger partial charge < -0.3 is 15.8 Å². The molecule has 2 heterocycles. The maximum Gasteiger partial charge on any atom is 0.254 e. The lowest BCUT2D eigenvalue weighted by molar-refractivity contribution is 0.0730. The summed E-state index contributed by atoms with van der Waals surface area (Å²) in [5.74, 6) is -0.264.